The zero-order chi connectivity index (χ0) is 35.8. The standard InChI is InChI=1S/C43H52O8/c1-26-37-35(50-43(26)21-20-40(3,51-43)25-47-38(45)28-12-8-6-9-13-28)23-34-32-17-16-30-22-31(48-27(2)44)18-19-41(30,4)33(32)24-36(42(34,37)5)49-39(46)29-14-10-7-11-15-29/h6-15,23,26,30-33,35-37H,16-22,24-25H2,1-5H3/t26-,30-,31-,32+,33-,35-,36+,37-,40-,41-,42+,43-/m0/s1. The Morgan fingerprint density at radius 1 is 0.824 bits per heavy atom. The lowest BCUT2D eigenvalue weighted by Gasteiger charge is -2.61. The molecular weight excluding hydrogens is 644 g/mol. The lowest BCUT2D eigenvalue weighted by atomic mass is 9.45. The van der Waals surface area contributed by atoms with Crippen LogP contribution in [0.25, 0.3) is 0 Å². The third-order valence-electron chi connectivity index (χ3n) is 14.3. The first-order valence-electron chi connectivity index (χ1n) is 19.1. The van der Waals surface area contributed by atoms with Crippen molar-refractivity contribution in [3.63, 3.8) is 0 Å². The van der Waals surface area contributed by atoms with E-state index in [0.29, 0.717) is 41.7 Å². The van der Waals surface area contributed by atoms with Crippen LogP contribution in [0, 0.1) is 40.4 Å². The first-order valence-corrected chi connectivity index (χ1v) is 19.1. The molecule has 0 amide bonds. The fourth-order valence-corrected chi connectivity index (χ4v) is 11.7. The van der Waals surface area contributed by atoms with Crippen LogP contribution < -0.4 is 0 Å². The molecule has 8 rings (SSSR count). The van der Waals surface area contributed by atoms with Crippen LogP contribution >= 0.6 is 0 Å². The van der Waals surface area contributed by atoms with Crippen molar-refractivity contribution >= 4 is 17.9 Å². The molecule has 8 heteroatoms. The topological polar surface area (TPSA) is 97.4 Å². The maximum atomic E-state index is 13.9. The summed E-state index contributed by atoms with van der Waals surface area (Å²) in [7, 11) is 0. The zero-order valence-corrected chi connectivity index (χ0v) is 30.6. The molecule has 5 fully saturated rings. The number of hydrogen-bond acceptors (Lipinski definition) is 8. The molecule has 4 aliphatic carbocycles. The summed E-state index contributed by atoms with van der Waals surface area (Å²) in [6.07, 6.45) is 8.97. The molecule has 2 heterocycles. The fourth-order valence-electron chi connectivity index (χ4n) is 11.7. The highest BCUT2D eigenvalue weighted by molar-refractivity contribution is 5.90. The number of esters is 3. The van der Waals surface area contributed by atoms with E-state index in [1.807, 2.05) is 55.5 Å². The number of carbonyl (C=O) groups excluding carboxylic acids is 3. The van der Waals surface area contributed by atoms with E-state index in [0.717, 1.165) is 38.5 Å². The molecule has 12 atom stereocenters. The van der Waals surface area contributed by atoms with Crippen LogP contribution in [-0.2, 0) is 28.5 Å². The molecule has 0 unspecified atom stereocenters. The minimum absolute atomic E-state index is 0.00784. The summed E-state index contributed by atoms with van der Waals surface area (Å²) < 4.78 is 32.2. The highest BCUT2D eigenvalue weighted by Gasteiger charge is 2.71. The molecular formula is C43H52O8. The lowest BCUT2D eigenvalue weighted by Crippen LogP contribution is -2.58. The molecule has 2 aromatic carbocycles. The predicted molar refractivity (Wildman–Crippen MR) is 189 cm³/mol. The van der Waals surface area contributed by atoms with Gasteiger partial charge in [0.1, 0.15) is 24.4 Å². The van der Waals surface area contributed by atoms with Crippen LogP contribution in [0.15, 0.2) is 72.3 Å². The van der Waals surface area contributed by atoms with Crippen molar-refractivity contribution in [1.29, 1.82) is 0 Å². The highest BCUT2D eigenvalue weighted by Crippen LogP contribution is 2.70. The molecule has 0 N–H and O–H groups in total. The van der Waals surface area contributed by atoms with Crippen LogP contribution in [0.1, 0.15) is 107 Å². The number of carbonyl (C=O) groups is 3. The molecule has 8 nitrogen and oxygen atoms in total. The number of hydrogen-bond donors (Lipinski definition) is 0. The second-order valence-corrected chi connectivity index (χ2v) is 17.1. The van der Waals surface area contributed by atoms with Gasteiger partial charge in [0, 0.05) is 30.6 Å². The van der Waals surface area contributed by atoms with Gasteiger partial charge in [-0.05, 0) is 99.3 Å². The van der Waals surface area contributed by atoms with Gasteiger partial charge in [-0.15, -0.1) is 0 Å². The molecule has 0 aromatic heterocycles. The number of ether oxygens (including phenoxy) is 5. The third-order valence-corrected chi connectivity index (χ3v) is 14.3. The Bertz CT molecular complexity index is 1710. The van der Waals surface area contributed by atoms with Crippen molar-refractivity contribution in [2.75, 3.05) is 6.61 Å². The van der Waals surface area contributed by atoms with Gasteiger partial charge >= 0.3 is 17.9 Å². The molecule has 51 heavy (non-hydrogen) atoms. The normalized spacial score (nSPS) is 42.2. The van der Waals surface area contributed by atoms with Gasteiger partial charge in [-0.2, -0.15) is 0 Å². The monoisotopic (exact) mass is 696 g/mol. The number of rotatable bonds is 6. The maximum Gasteiger partial charge on any atom is 0.338 e. The Morgan fingerprint density at radius 3 is 2.20 bits per heavy atom. The second kappa shape index (κ2) is 12.6. The number of fused-ring (bicyclic) bond motifs is 7. The van der Waals surface area contributed by atoms with Gasteiger partial charge in [0.05, 0.1) is 17.2 Å². The molecule has 2 saturated heterocycles. The van der Waals surface area contributed by atoms with Crippen LogP contribution in [-0.4, -0.2) is 54.2 Å². The van der Waals surface area contributed by atoms with Crippen molar-refractivity contribution in [2.45, 2.75) is 116 Å². The summed E-state index contributed by atoms with van der Waals surface area (Å²) >= 11 is 0. The van der Waals surface area contributed by atoms with E-state index in [1.54, 1.807) is 12.1 Å². The first-order chi connectivity index (χ1) is 24.4. The highest BCUT2D eigenvalue weighted by atomic mass is 16.7. The Balaban J connectivity index is 1.08. The predicted octanol–water partition coefficient (Wildman–Crippen LogP) is 8.10. The van der Waals surface area contributed by atoms with Crippen LogP contribution in [0.2, 0.25) is 0 Å². The van der Waals surface area contributed by atoms with Gasteiger partial charge in [-0.1, -0.05) is 68.8 Å². The number of benzene rings is 2. The molecule has 272 valence electrons. The van der Waals surface area contributed by atoms with E-state index in [-0.39, 0.29) is 60.1 Å². The van der Waals surface area contributed by atoms with Gasteiger partial charge in [0.2, 0.25) is 0 Å². The van der Waals surface area contributed by atoms with Gasteiger partial charge in [-0.3, -0.25) is 4.79 Å². The molecule has 6 aliphatic rings. The van der Waals surface area contributed by atoms with Crippen molar-refractivity contribution in [3.05, 3.63) is 83.4 Å². The molecule has 3 saturated carbocycles. The van der Waals surface area contributed by atoms with Crippen LogP contribution in [0.5, 0.6) is 0 Å². The summed E-state index contributed by atoms with van der Waals surface area (Å²) in [4.78, 5) is 38.5. The summed E-state index contributed by atoms with van der Waals surface area (Å²) in [6, 6.07) is 18.4. The maximum absolute atomic E-state index is 13.9. The van der Waals surface area contributed by atoms with Crippen LogP contribution in [0.4, 0.5) is 0 Å². The van der Waals surface area contributed by atoms with Crippen molar-refractivity contribution in [2.24, 2.45) is 40.4 Å². The average molecular weight is 697 g/mol. The SMILES string of the molecule is CC(=O)O[C@H]1CC[C@@]2(C)[C@@H](CC[C@H]3C4=C[C@@H]5O[C@]6(CC[C@@](C)(COC(=O)c7ccccc7)O6)[C@@H](C)[C@@H]5[C@@]4(C)[C@H](OC(=O)c4ccccc4)C[C@@H]32)C1. The van der Waals surface area contributed by atoms with Crippen molar-refractivity contribution in [1.82, 2.24) is 0 Å². The third kappa shape index (κ3) is 5.67. The van der Waals surface area contributed by atoms with E-state index < -0.39 is 16.8 Å². The van der Waals surface area contributed by atoms with Gasteiger partial charge in [-0.25, -0.2) is 9.59 Å². The van der Waals surface area contributed by atoms with Gasteiger partial charge in [0.25, 0.3) is 0 Å². The van der Waals surface area contributed by atoms with E-state index in [2.05, 4.69) is 26.8 Å². The zero-order valence-electron chi connectivity index (χ0n) is 30.6. The van der Waals surface area contributed by atoms with Gasteiger partial charge < -0.3 is 23.7 Å². The second-order valence-electron chi connectivity index (χ2n) is 17.1. The molecule has 2 aliphatic heterocycles. The summed E-state index contributed by atoms with van der Waals surface area (Å²) in [5.74, 6) is -0.437. The lowest BCUT2D eigenvalue weighted by molar-refractivity contribution is -0.255. The largest absolute Gasteiger partial charge is 0.463 e. The Kier molecular flexibility index (Phi) is 8.53. The van der Waals surface area contributed by atoms with Crippen molar-refractivity contribution < 1.29 is 38.1 Å². The molecule has 0 radical (unpaired) electrons. The van der Waals surface area contributed by atoms with Gasteiger partial charge in [0.15, 0.2) is 5.79 Å². The Labute approximate surface area is 301 Å². The molecule has 0 bridgehead atoms. The minimum Gasteiger partial charge on any atom is -0.463 e. The fraction of sp³-hybridized carbons (Fsp3) is 0.605. The quantitative estimate of drug-likeness (QED) is 0.170. The minimum atomic E-state index is -0.822. The molecule has 2 aromatic rings. The smallest absolute Gasteiger partial charge is 0.338 e. The Hall–Kier alpha value is -3.49. The summed E-state index contributed by atoms with van der Waals surface area (Å²) in [6.45, 7) is 10.7. The van der Waals surface area contributed by atoms with E-state index in [1.165, 1.54) is 12.5 Å². The summed E-state index contributed by atoms with van der Waals surface area (Å²) in [5, 5.41) is 0. The van der Waals surface area contributed by atoms with E-state index in [4.69, 9.17) is 23.7 Å². The van der Waals surface area contributed by atoms with Crippen LogP contribution in [0.3, 0.4) is 0 Å². The average Bonchev–Trinajstić information content (AvgIpc) is 3.72. The summed E-state index contributed by atoms with van der Waals surface area (Å²) in [5.41, 5.74) is 1.41. The van der Waals surface area contributed by atoms with E-state index in [9.17, 15) is 14.4 Å². The van der Waals surface area contributed by atoms with E-state index >= 15 is 0 Å². The Morgan fingerprint density at radius 2 is 1.51 bits per heavy atom. The van der Waals surface area contributed by atoms with Crippen molar-refractivity contribution in [3.8, 4) is 0 Å². The molecule has 1 spiro atoms. The first kappa shape index (κ1) is 34.6.